The summed E-state index contributed by atoms with van der Waals surface area (Å²) >= 11 is 0. The van der Waals surface area contributed by atoms with Gasteiger partial charge in [-0.25, -0.2) is 0 Å². The van der Waals surface area contributed by atoms with E-state index < -0.39 is 22.5 Å². The van der Waals surface area contributed by atoms with Crippen molar-refractivity contribution in [2.45, 2.75) is 0 Å². The first-order chi connectivity index (χ1) is 7.49. The molecule has 0 radical (unpaired) electrons. The van der Waals surface area contributed by atoms with E-state index in [1.165, 1.54) is 0 Å². The van der Waals surface area contributed by atoms with E-state index in [1.54, 1.807) is 0 Å². The van der Waals surface area contributed by atoms with Crippen molar-refractivity contribution >= 4 is 10.1 Å². The minimum atomic E-state index is -3.92. The lowest BCUT2D eigenvalue weighted by Crippen LogP contribution is -2.39. The third-order valence-corrected chi connectivity index (χ3v) is 2.60. The zero-order chi connectivity index (χ0) is 12.4. The molecule has 7 nitrogen and oxygen atoms in total. The first kappa shape index (κ1) is 15.8. The van der Waals surface area contributed by atoms with Crippen LogP contribution >= 0.6 is 0 Å². The fraction of sp³-hybridized carbons (Fsp3) is 1.00. The summed E-state index contributed by atoms with van der Waals surface area (Å²) in [7, 11) is -3.92. The maximum absolute atomic E-state index is 9.63. The van der Waals surface area contributed by atoms with Crippen LogP contribution in [0.15, 0.2) is 0 Å². The summed E-state index contributed by atoms with van der Waals surface area (Å²) in [5.41, 5.74) is 5.38. The molecule has 0 aliphatic carbocycles. The second kappa shape index (κ2) is 8.85. The van der Waals surface area contributed by atoms with Gasteiger partial charge in [0.15, 0.2) is 0 Å². The predicted molar refractivity (Wildman–Crippen MR) is 59.8 cm³/mol. The lowest BCUT2D eigenvalue weighted by Gasteiger charge is -2.25. The van der Waals surface area contributed by atoms with Crippen LogP contribution in [0.2, 0.25) is 0 Å². The molecule has 0 atom stereocenters. The molecule has 0 spiro atoms. The lowest BCUT2D eigenvalue weighted by atomic mass is 10.4. The van der Waals surface area contributed by atoms with E-state index in [1.807, 2.05) is 0 Å². The molecule has 1 aliphatic heterocycles. The Balaban J connectivity index is 0.000000293. The van der Waals surface area contributed by atoms with Crippen LogP contribution < -0.4 is 5.73 Å². The SMILES string of the molecule is NCCN1CCOCC1.O=S(=O)(O)CCO. The van der Waals surface area contributed by atoms with Crippen LogP contribution in [0.1, 0.15) is 0 Å². The van der Waals surface area contributed by atoms with Crippen LogP contribution in [-0.2, 0) is 14.9 Å². The molecule has 0 bridgehead atoms. The second-order valence-corrected chi connectivity index (χ2v) is 4.82. The zero-order valence-electron chi connectivity index (χ0n) is 9.21. The molecule has 1 fully saturated rings. The normalized spacial score (nSPS) is 17.7. The standard InChI is InChI=1S/C6H14N2O.C2H6O4S/c7-1-2-8-3-5-9-6-4-8;3-1-2-7(4,5)6/h1-7H2;3H,1-2H2,(H,4,5,6). The quantitative estimate of drug-likeness (QED) is 0.506. The monoisotopic (exact) mass is 256 g/mol. The van der Waals surface area contributed by atoms with E-state index >= 15 is 0 Å². The number of nitrogens with zero attached hydrogens (tertiary/aromatic N) is 1. The van der Waals surface area contributed by atoms with Crippen molar-refractivity contribution in [1.82, 2.24) is 4.90 Å². The maximum Gasteiger partial charge on any atom is 0.267 e. The minimum absolute atomic E-state index is 0.529. The summed E-state index contributed by atoms with van der Waals surface area (Å²) < 4.78 is 32.2. The Morgan fingerprint density at radius 1 is 1.31 bits per heavy atom. The molecular weight excluding hydrogens is 236 g/mol. The summed E-state index contributed by atoms with van der Waals surface area (Å²) in [6, 6.07) is 0. The Morgan fingerprint density at radius 2 is 1.88 bits per heavy atom. The molecule has 1 heterocycles. The first-order valence-corrected chi connectivity index (χ1v) is 6.66. The van der Waals surface area contributed by atoms with Gasteiger partial charge in [-0.15, -0.1) is 0 Å². The summed E-state index contributed by atoms with van der Waals surface area (Å²) in [6.07, 6.45) is 0. The fourth-order valence-electron chi connectivity index (χ4n) is 1.12. The van der Waals surface area contributed by atoms with Gasteiger partial charge < -0.3 is 15.6 Å². The van der Waals surface area contributed by atoms with Gasteiger partial charge in [0.1, 0.15) is 0 Å². The van der Waals surface area contributed by atoms with Crippen molar-refractivity contribution < 1.29 is 22.8 Å². The van der Waals surface area contributed by atoms with Gasteiger partial charge in [-0.1, -0.05) is 0 Å². The van der Waals surface area contributed by atoms with Crippen molar-refractivity contribution in [3.05, 3.63) is 0 Å². The number of hydrogen-bond acceptors (Lipinski definition) is 6. The predicted octanol–water partition coefficient (Wildman–Crippen LogP) is -1.86. The minimum Gasteiger partial charge on any atom is -0.395 e. The van der Waals surface area contributed by atoms with Gasteiger partial charge in [0.2, 0.25) is 0 Å². The average molecular weight is 256 g/mol. The molecule has 1 rings (SSSR count). The van der Waals surface area contributed by atoms with Gasteiger partial charge in [0.05, 0.1) is 25.6 Å². The largest absolute Gasteiger partial charge is 0.395 e. The van der Waals surface area contributed by atoms with Gasteiger partial charge in [-0.3, -0.25) is 9.45 Å². The van der Waals surface area contributed by atoms with E-state index in [-0.39, 0.29) is 0 Å². The van der Waals surface area contributed by atoms with Crippen LogP contribution in [0.3, 0.4) is 0 Å². The highest BCUT2D eigenvalue weighted by Gasteiger charge is 2.07. The molecule has 1 saturated heterocycles. The van der Waals surface area contributed by atoms with E-state index in [2.05, 4.69) is 4.90 Å². The number of rotatable bonds is 4. The number of aliphatic hydroxyl groups excluding tert-OH is 1. The highest BCUT2D eigenvalue weighted by Crippen LogP contribution is 1.93. The zero-order valence-corrected chi connectivity index (χ0v) is 10.0. The Kier molecular flexibility index (Phi) is 8.71. The highest BCUT2D eigenvalue weighted by atomic mass is 32.2. The van der Waals surface area contributed by atoms with Crippen LogP contribution in [-0.4, -0.2) is 74.7 Å². The number of aliphatic hydroxyl groups is 1. The Morgan fingerprint density at radius 3 is 2.19 bits per heavy atom. The van der Waals surface area contributed by atoms with Gasteiger partial charge in [0, 0.05) is 26.2 Å². The molecule has 16 heavy (non-hydrogen) atoms. The van der Waals surface area contributed by atoms with Gasteiger partial charge in [-0.2, -0.15) is 8.42 Å². The molecule has 0 saturated carbocycles. The summed E-state index contributed by atoms with van der Waals surface area (Å²) in [6.45, 7) is 5.11. The van der Waals surface area contributed by atoms with E-state index in [0.717, 1.165) is 39.4 Å². The van der Waals surface area contributed by atoms with Crippen molar-refractivity contribution in [2.75, 3.05) is 51.8 Å². The molecule has 0 unspecified atom stereocenters. The first-order valence-electron chi connectivity index (χ1n) is 5.06. The molecule has 0 aromatic rings. The fourth-order valence-corrected chi connectivity index (χ4v) is 1.35. The van der Waals surface area contributed by atoms with Crippen LogP contribution in [0, 0.1) is 0 Å². The van der Waals surface area contributed by atoms with Gasteiger partial charge in [0.25, 0.3) is 10.1 Å². The molecule has 4 N–H and O–H groups in total. The van der Waals surface area contributed by atoms with Crippen molar-refractivity contribution in [3.63, 3.8) is 0 Å². The Bertz CT molecular complexity index is 248. The summed E-state index contributed by atoms with van der Waals surface area (Å²) in [5.74, 6) is -0.576. The lowest BCUT2D eigenvalue weighted by molar-refractivity contribution is 0.0394. The molecule has 98 valence electrons. The highest BCUT2D eigenvalue weighted by molar-refractivity contribution is 7.85. The molecule has 8 heteroatoms. The van der Waals surface area contributed by atoms with Gasteiger partial charge in [-0.05, 0) is 0 Å². The average Bonchev–Trinajstić information content (AvgIpc) is 2.19. The third-order valence-electron chi connectivity index (χ3n) is 1.90. The van der Waals surface area contributed by atoms with Gasteiger partial charge >= 0.3 is 0 Å². The molecule has 0 aromatic carbocycles. The van der Waals surface area contributed by atoms with Crippen molar-refractivity contribution in [2.24, 2.45) is 5.73 Å². The number of ether oxygens (including phenoxy) is 1. The summed E-state index contributed by atoms with van der Waals surface area (Å²) in [5, 5.41) is 7.86. The Labute approximate surface area is 95.9 Å². The van der Waals surface area contributed by atoms with E-state index in [0.29, 0.717) is 0 Å². The third kappa shape index (κ3) is 10.3. The van der Waals surface area contributed by atoms with E-state index in [9.17, 15) is 8.42 Å². The Hall–Kier alpha value is -0.250. The van der Waals surface area contributed by atoms with Crippen LogP contribution in [0.4, 0.5) is 0 Å². The van der Waals surface area contributed by atoms with Crippen LogP contribution in [0.5, 0.6) is 0 Å². The molecule has 0 aromatic heterocycles. The topological polar surface area (TPSA) is 113 Å². The maximum atomic E-state index is 9.63. The number of morpholine rings is 1. The molecule has 1 aliphatic rings. The molecular formula is C8H20N2O5S. The molecule has 0 amide bonds. The second-order valence-electron chi connectivity index (χ2n) is 3.25. The van der Waals surface area contributed by atoms with Crippen molar-refractivity contribution in [3.8, 4) is 0 Å². The smallest absolute Gasteiger partial charge is 0.267 e. The van der Waals surface area contributed by atoms with Crippen molar-refractivity contribution in [1.29, 1.82) is 0 Å². The summed E-state index contributed by atoms with van der Waals surface area (Å²) in [4.78, 5) is 2.32. The number of nitrogens with two attached hydrogens (primary N) is 1. The van der Waals surface area contributed by atoms with Crippen LogP contribution in [0.25, 0.3) is 0 Å². The number of hydrogen-bond donors (Lipinski definition) is 3. The van der Waals surface area contributed by atoms with E-state index in [4.69, 9.17) is 20.1 Å².